The maximum Gasteiger partial charge on any atom is 0.220 e. The first-order valence-electron chi connectivity index (χ1n) is 7.93. The molecule has 23 heavy (non-hydrogen) atoms. The highest BCUT2D eigenvalue weighted by Gasteiger charge is 2.07. The van der Waals surface area contributed by atoms with Crippen molar-refractivity contribution in [3.8, 4) is 0 Å². The molecule has 0 fully saturated rings. The SMILES string of the molecule is Cl.O=C(CCCc1csc2ccccc12)NCC1=CCNCC1. The van der Waals surface area contributed by atoms with Crippen LogP contribution in [0.25, 0.3) is 10.1 Å². The Labute approximate surface area is 147 Å². The first kappa shape index (κ1) is 18.0. The second-order valence-electron chi connectivity index (χ2n) is 5.70. The maximum atomic E-state index is 11.9. The van der Waals surface area contributed by atoms with Gasteiger partial charge in [-0.05, 0) is 48.2 Å². The molecule has 2 N–H and O–H groups in total. The topological polar surface area (TPSA) is 41.1 Å². The third-order valence-corrected chi connectivity index (χ3v) is 5.09. The molecule has 3 nitrogen and oxygen atoms in total. The molecule has 0 saturated carbocycles. The van der Waals surface area contributed by atoms with Gasteiger partial charge in [0.25, 0.3) is 0 Å². The zero-order valence-electron chi connectivity index (χ0n) is 13.1. The van der Waals surface area contributed by atoms with Crippen LogP contribution in [0.2, 0.25) is 0 Å². The molecule has 1 aliphatic heterocycles. The van der Waals surface area contributed by atoms with Gasteiger partial charge >= 0.3 is 0 Å². The molecule has 0 atom stereocenters. The molecule has 0 aliphatic carbocycles. The van der Waals surface area contributed by atoms with Gasteiger partial charge in [-0.15, -0.1) is 23.7 Å². The largest absolute Gasteiger partial charge is 0.352 e. The van der Waals surface area contributed by atoms with E-state index in [1.807, 2.05) is 0 Å². The Bertz CT molecular complexity index is 680. The van der Waals surface area contributed by atoms with Crippen LogP contribution >= 0.6 is 23.7 Å². The molecule has 2 heterocycles. The Morgan fingerprint density at radius 1 is 1.30 bits per heavy atom. The molecule has 0 bridgehead atoms. The van der Waals surface area contributed by atoms with Crippen molar-refractivity contribution in [3.63, 3.8) is 0 Å². The molecule has 0 radical (unpaired) electrons. The fourth-order valence-corrected chi connectivity index (χ4v) is 3.79. The molecule has 5 heteroatoms. The molecule has 3 rings (SSSR count). The minimum absolute atomic E-state index is 0. The lowest BCUT2D eigenvalue weighted by Crippen LogP contribution is -2.29. The highest BCUT2D eigenvalue weighted by Crippen LogP contribution is 2.26. The van der Waals surface area contributed by atoms with Crippen molar-refractivity contribution >= 4 is 39.7 Å². The van der Waals surface area contributed by atoms with E-state index in [1.165, 1.54) is 21.2 Å². The van der Waals surface area contributed by atoms with Crippen LogP contribution in [0.15, 0.2) is 41.3 Å². The van der Waals surface area contributed by atoms with Crippen LogP contribution in [0.1, 0.15) is 24.8 Å². The van der Waals surface area contributed by atoms with Crippen molar-refractivity contribution < 1.29 is 4.79 Å². The van der Waals surface area contributed by atoms with E-state index < -0.39 is 0 Å². The van der Waals surface area contributed by atoms with Crippen molar-refractivity contribution in [1.29, 1.82) is 0 Å². The molecule has 1 aliphatic rings. The average Bonchev–Trinajstić information content (AvgIpc) is 2.97. The maximum absolute atomic E-state index is 11.9. The fourth-order valence-electron chi connectivity index (χ4n) is 2.80. The van der Waals surface area contributed by atoms with Crippen LogP contribution in [0, 0.1) is 0 Å². The summed E-state index contributed by atoms with van der Waals surface area (Å²) in [5.41, 5.74) is 2.71. The highest BCUT2D eigenvalue weighted by atomic mass is 35.5. The Morgan fingerprint density at radius 2 is 2.17 bits per heavy atom. The number of hydrogen-bond acceptors (Lipinski definition) is 3. The number of carbonyl (C=O) groups excluding carboxylic acids is 1. The van der Waals surface area contributed by atoms with Gasteiger partial charge in [0.05, 0.1) is 0 Å². The number of halogens is 1. The lowest BCUT2D eigenvalue weighted by molar-refractivity contribution is -0.121. The smallest absolute Gasteiger partial charge is 0.220 e. The van der Waals surface area contributed by atoms with Gasteiger partial charge in [0.15, 0.2) is 0 Å². The first-order chi connectivity index (χ1) is 10.8. The van der Waals surface area contributed by atoms with Gasteiger partial charge < -0.3 is 10.6 Å². The minimum atomic E-state index is 0. The van der Waals surface area contributed by atoms with E-state index >= 15 is 0 Å². The molecule has 0 spiro atoms. The Morgan fingerprint density at radius 3 is 3.00 bits per heavy atom. The quantitative estimate of drug-likeness (QED) is 0.780. The van der Waals surface area contributed by atoms with E-state index in [0.717, 1.165) is 32.4 Å². The number of rotatable bonds is 6. The van der Waals surface area contributed by atoms with Gasteiger partial charge in [-0.3, -0.25) is 4.79 Å². The number of fused-ring (bicyclic) bond motifs is 1. The van der Waals surface area contributed by atoms with Gasteiger partial charge in [0, 0.05) is 24.2 Å². The van der Waals surface area contributed by atoms with E-state index in [-0.39, 0.29) is 18.3 Å². The van der Waals surface area contributed by atoms with Gasteiger partial charge in [-0.25, -0.2) is 0 Å². The molecule has 0 unspecified atom stereocenters. The number of thiophene rings is 1. The molecule has 0 saturated heterocycles. The predicted octanol–water partition coefficient (Wildman–Crippen LogP) is 3.68. The van der Waals surface area contributed by atoms with Crippen LogP contribution in [-0.4, -0.2) is 25.5 Å². The van der Waals surface area contributed by atoms with Crippen molar-refractivity contribution in [2.75, 3.05) is 19.6 Å². The molecule has 124 valence electrons. The van der Waals surface area contributed by atoms with E-state index in [4.69, 9.17) is 0 Å². The molecule has 1 aromatic carbocycles. The lowest BCUT2D eigenvalue weighted by Gasteiger charge is -2.14. The predicted molar refractivity (Wildman–Crippen MR) is 101 cm³/mol. The lowest BCUT2D eigenvalue weighted by atomic mass is 10.1. The Hall–Kier alpha value is -1.36. The molecule has 1 amide bonds. The zero-order valence-corrected chi connectivity index (χ0v) is 14.8. The summed E-state index contributed by atoms with van der Waals surface area (Å²) in [5, 5.41) is 9.88. The number of nitrogens with one attached hydrogen (secondary N) is 2. The number of benzene rings is 1. The molecular formula is C18H23ClN2OS. The second kappa shape index (κ2) is 9.06. The summed E-state index contributed by atoms with van der Waals surface area (Å²) >= 11 is 1.79. The summed E-state index contributed by atoms with van der Waals surface area (Å²) in [6, 6.07) is 8.48. The highest BCUT2D eigenvalue weighted by molar-refractivity contribution is 7.17. The van der Waals surface area contributed by atoms with E-state index in [9.17, 15) is 4.79 Å². The third-order valence-electron chi connectivity index (χ3n) is 4.08. The minimum Gasteiger partial charge on any atom is -0.352 e. The summed E-state index contributed by atoms with van der Waals surface area (Å²) in [4.78, 5) is 11.9. The molecular weight excluding hydrogens is 328 g/mol. The monoisotopic (exact) mass is 350 g/mol. The summed E-state index contributed by atoms with van der Waals surface area (Å²) in [7, 11) is 0. The third kappa shape index (κ3) is 5.06. The summed E-state index contributed by atoms with van der Waals surface area (Å²) in [6.45, 7) is 2.66. The van der Waals surface area contributed by atoms with Gasteiger partial charge in [-0.1, -0.05) is 29.8 Å². The normalized spacial score (nSPS) is 14.2. The van der Waals surface area contributed by atoms with Crippen molar-refractivity contribution in [1.82, 2.24) is 10.6 Å². The number of aryl methyl sites for hydroxylation is 1. The van der Waals surface area contributed by atoms with Crippen molar-refractivity contribution in [2.45, 2.75) is 25.7 Å². The van der Waals surface area contributed by atoms with Crippen molar-refractivity contribution in [2.24, 2.45) is 0 Å². The van der Waals surface area contributed by atoms with Crippen LogP contribution in [-0.2, 0) is 11.2 Å². The fraction of sp³-hybridized carbons (Fsp3) is 0.389. The number of hydrogen-bond donors (Lipinski definition) is 2. The average molecular weight is 351 g/mol. The number of carbonyl (C=O) groups is 1. The van der Waals surface area contributed by atoms with Crippen molar-refractivity contribution in [3.05, 3.63) is 46.9 Å². The van der Waals surface area contributed by atoms with Crippen LogP contribution in [0.3, 0.4) is 0 Å². The van der Waals surface area contributed by atoms with Crippen LogP contribution in [0.5, 0.6) is 0 Å². The number of amides is 1. The molecule has 1 aromatic heterocycles. The summed E-state index contributed by atoms with van der Waals surface area (Å²) in [6.07, 6.45) is 5.72. The second-order valence-corrected chi connectivity index (χ2v) is 6.62. The Kier molecular flexibility index (Phi) is 7.09. The van der Waals surface area contributed by atoms with Crippen LogP contribution < -0.4 is 10.6 Å². The summed E-state index contributed by atoms with van der Waals surface area (Å²) in [5.74, 6) is 0.166. The van der Waals surface area contributed by atoms with Gasteiger partial charge in [0.2, 0.25) is 5.91 Å². The summed E-state index contributed by atoms with van der Waals surface area (Å²) < 4.78 is 1.33. The van der Waals surface area contributed by atoms with Gasteiger partial charge in [-0.2, -0.15) is 0 Å². The zero-order chi connectivity index (χ0) is 15.2. The molecule has 2 aromatic rings. The van der Waals surface area contributed by atoms with E-state index in [1.54, 1.807) is 11.3 Å². The Balaban J connectivity index is 0.00000192. The van der Waals surface area contributed by atoms with Gasteiger partial charge in [0.1, 0.15) is 0 Å². The first-order valence-corrected chi connectivity index (χ1v) is 8.81. The van der Waals surface area contributed by atoms with E-state index in [0.29, 0.717) is 13.0 Å². The standard InChI is InChI=1S/C18H22N2OS.ClH/c21-18(20-12-14-8-10-19-11-9-14)7-3-4-15-13-22-17-6-2-1-5-16(15)17;/h1-2,5-6,8,13,19H,3-4,7,9-12H2,(H,20,21);1H. The van der Waals surface area contributed by atoms with E-state index in [2.05, 4.69) is 46.4 Å². The van der Waals surface area contributed by atoms with Crippen LogP contribution in [0.4, 0.5) is 0 Å².